The van der Waals surface area contributed by atoms with Gasteiger partial charge in [0, 0.05) is 10.6 Å². The van der Waals surface area contributed by atoms with Crippen LogP contribution in [0.1, 0.15) is 46.3 Å². The number of benzene rings is 3. The van der Waals surface area contributed by atoms with E-state index in [1.807, 2.05) is 42.5 Å². The van der Waals surface area contributed by atoms with E-state index < -0.39 is 11.8 Å². The fraction of sp³-hybridized carbons (Fsp3) is 0.160. The summed E-state index contributed by atoms with van der Waals surface area (Å²) in [7, 11) is 0. The molecule has 0 spiro atoms. The molecule has 0 bridgehead atoms. The van der Waals surface area contributed by atoms with Crippen LogP contribution in [0.15, 0.2) is 66.7 Å². The predicted octanol–water partition coefficient (Wildman–Crippen LogP) is 6.85. The average molecular weight is 423 g/mol. The van der Waals surface area contributed by atoms with Crippen LogP contribution >= 0.6 is 11.6 Å². The van der Waals surface area contributed by atoms with Crippen LogP contribution in [0.25, 0.3) is 11.1 Å². The molecule has 0 amide bonds. The Balaban J connectivity index is 1.74. The number of halogens is 2. The largest absolute Gasteiger partial charge is 0.488 e. The summed E-state index contributed by atoms with van der Waals surface area (Å²) in [5.41, 5.74) is 4.41. The van der Waals surface area contributed by atoms with Crippen molar-refractivity contribution in [2.75, 3.05) is 0 Å². The molecule has 0 saturated carbocycles. The van der Waals surface area contributed by atoms with Gasteiger partial charge in [-0.3, -0.25) is 0 Å². The lowest BCUT2D eigenvalue weighted by molar-refractivity contribution is 0.0692. The van der Waals surface area contributed by atoms with Crippen molar-refractivity contribution in [3.63, 3.8) is 0 Å². The number of ether oxygens (including phenoxy) is 1. The SMILES string of the molecule is O=C(O)c1cc(C2=C(c3cc(Cl)ccc3OCc3ccccc3)CCC2)ccc1F. The summed E-state index contributed by atoms with van der Waals surface area (Å²) in [4.78, 5) is 11.4. The van der Waals surface area contributed by atoms with Gasteiger partial charge in [-0.25, -0.2) is 9.18 Å². The van der Waals surface area contributed by atoms with Crippen molar-refractivity contribution in [2.24, 2.45) is 0 Å². The number of carboxylic acids is 1. The number of aromatic carboxylic acids is 1. The molecule has 1 aliphatic carbocycles. The van der Waals surface area contributed by atoms with Crippen LogP contribution in [0, 0.1) is 5.82 Å². The molecule has 5 heteroatoms. The molecule has 1 aliphatic rings. The van der Waals surface area contributed by atoms with Crippen LogP contribution in [0.4, 0.5) is 4.39 Å². The van der Waals surface area contributed by atoms with E-state index in [1.54, 1.807) is 12.1 Å². The summed E-state index contributed by atoms with van der Waals surface area (Å²) in [5, 5.41) is 9.88. The lowest BCUT2D eigenvalue weighted by Crippen LogP contribution is -2.02. The number of hydrogen-bond acceptors (Lipinski definition) is 2. The summed E-state index contributed by atoms with van der Waals surface area (Å²) in [5.74, 6) is -1.29. The third kappa shape index (κ3) is 4.24. The van der Waals surface area contributed by atoms with Crippen molar-refractivity contribution in [1.29, 1.82) is 0 Å². The van der Waals surface area contributed by atoms with Crippen LogP contribution < -0.4 is 4.74 Å². The summed E-state index contributed by atoms with van der Waals surface area (Å²) < 4.78 is 20.0. The minimum atomic E-state index is -1.27. The van der Waals surface area contributed by atoms with Crippen molar-refractivity contribution in [2.45, 2.75) is 25.9 Å². The molecular formula is C25H20ClFO3. The van der Waals surface area contributed by atoms with E-state index in [4.69, 9.17) is 16.3 Å². The van der Waals surface area contributed by atoms with Crippen LogP contribution in [0.5, 0.6) is 5.75 Å². The average Bonchev–Trinajstić information content (AvgIpc) is 3.23. The molecule has 152 valence electrons. The molecule has 3 nitrogen and oxygen atoms in total. The topological polar surface area (TPSA) is 46.5 Å². The Morgan fingerprint density at radius 2 is 1.77 bits per heavy atom. The Morgan fingerprint density at radius 1 is 1.00 bits per heavy atom. The Morgan fingerprint density at radius 3 is 2.53 bits per heavy atom. The Labute approximate surface area is 179 Å². The molecule has 0 unspecified atom stereocenters. The molecule has 0 saturated heterocycles. The van der Waals surface area contributed by atoms with Gasteiger partial charge in [0.1, 0.15) is 18.2 Å². The van der Waals surface area contributed by atoms with Gasteiger partial charge in [-0.05, 0) is 71.9 Å². The van der Waals surface area contributed by atoms with Gasteiger partial charge in [-0.2, -0.15) is 0 Å². The van der Waals surface area contributed by atoms with E-state index in [0.717, 1.165) is 52.8 Å². The summed E-state index contributed by atoms with van der Waals surface area (Å²) in [6, 6.07) is 19.7. The summed E-state index contributed by atoms with van der Waals surface area (Å²) in [6.45, 7) is 0.428. The maximum absolute atomic E-state index is 13.9. The first-order valence-electron chi connectivity index (χ1n) is 9.75. The highest BCUT2D eigenvalue weighted by Crippen LogP contribution is 2.44. The predicted molar refractivity (Wildman–Crippen MR) is 116 cm³/mol. The van der Waals surface area contributed by atoms with E-state index in [9.17, 15) is 14.3 Å². The van der Waals surface area contributed by atoms with Crippen LogP contribution in [-0.4, -0.2) is 11.1 Å². The van der Waals surface area contributed by atoms with Crippen molar-refractivity contribution in [1.82, 2.24) is 0 Å². The maximum atomic E-state index is 13.9. The van der Waals surface area contributed by atoms with E-state index in [1.165, 1.54) is 12.1 Å². The number of hydrogen-bond donors (Lipinski definition) is 1. The molecule has 0 heterocycles. The maximum Gasteiger partial charge on any atom is 0.338 e. The second-order valence-corrected chi connectivity index (χ2v) is 7.66. The van der Waals surface area contributed by atoms with Gasteiger partial charge in [-0.1, -0.05) is 48.0 Å². The summed E-state index contributed by atoms with van der Waals surface area (Å²) in [6.07, 6.45) is 2.52. The fourth-order valence-corrected chi connectivity index (χ4v) is 4.01. The zero-order chi connectivity index (χ0) is 21.1. The van der Waals surface area contributed by atoms with Gasteiger partial charge >= 0.3 is 5.97 Å². The molecule has 0 aromatic heterocycles. The molecule has 1 N–H and O–H groups in total. The van der Waals surface area contributed by atoms with Crippen molar-refractivity contribution < 1.29 is 19.0 Å². The molecule has 0 atom stereocenters. The molecule has 0 aliphatic heterocycles. The van der Waals surface area contributed by atoms with Gasteiger partial charge < -0.3 is 9.84 Å². The van der Waals surface area contributed by atoms with Crippen LogP contribution in [-0.2, 0) is 6.61 Å². The Hall–Kier alpha value is -3.11. The van der Waals surface area contributed by atoms with Gasteiger partial charge in [-0.15, -0.1) is 0 Å². The minimum absolute atomic E-state index is 0.321. The third-order valence-electron chi connectivity index (χ3n) is 5.27. The standard InChI is InChI=1S/C25H20ClFO3/c26-18-10-12-24(30-15-16-5-2-1-3-6-16)21(14-18)20-8-4-7-19(20)17-9-11-23(27)22(13-17)25(28)29/h1-3,5-6,9-14H,4,7-8,15H2,(H,28,29). The van der Waals surface area contributed by atoms with Crippen LogP contribution in [0.2, 0.25) is 5.02 Å². The zero-order valence-corrected chi connectivity index (χ0v) is 17.0. The lowest BCUT2D eigenvalue weighted by atomic mass is 9.95. The minimum Gasteiger partial charge on any atom is -0.488 e. The number of allylic oxidation sites excluding steroid dienone is 2. The molecule has 0 radical (unpaired) electrons. The molecule has 0 fully saturated rings. The van der Waals surface area contributed by atoms with E-state index in [-0.39, 0.29) is 5.56 Å². The van der Waals surface area contributed by atoms with E-state index in [0.29, 0.717) is 11.6 Å². The Bertz CT molecular complexity index is 1120. The molecular weight excluding hydrogens is 403 g/mol. The number of carboxylic acid groups (broad SMARTS) is 1. The monoisotopic (exact) mass is 422 g/mol. The van der Waals surface area contributed by atoms with Gasteiger partial charge in [0.25, 0.3) is 0 Å². The molecule has 30 heavy (non-hydrogen) atoms. The number of carbonyl (C=O) groups is 1. The summed E-state index contributed by atoms with van der Waals surface area (Å²) >= 11 is 6.29. The second kappa shape index (κ2) is 8.72. The normalized spacial score (nSPS) is 13.5. The van der Waals surface area contributed by atoms with Gasteiger partial charge in [0.15, 0.2) is 0 Å². The van der Waals surface area contributed by atoms with Gasteiger partial charge in [0.2, 0.25) is 0 Å². The smallest absolute Gasteiger partial charge is 0.338 e. The lowest BCUT2D eigenvalue weighted by Gasteiger charge is -2.15. The molecule has 4 rings (SSSR count). The van der Waals surface area contributed by atoms with Crippen LogP contribution in [0.3, 0.4) is 0 Å². The highest BCUT2D eigenvalue weighted by Gasteiger charge is 2.22. The molecule has 3 aromatic carbocycles. The first-order valence-corrected chi connectivity index (χ1v) is 10.1. The van der Waals surface area contributed by atoms with E-state index in [2.05, 4.69) is 0 Å². The van der Waals surface area contributed by atoms with E-state index >= 15 is 0 Å². The van der Waals surface area contributed by atoms with Crippen molar-refractivity contribution >= 4 is 28.7 Å². The zero-order valence-electron chi connectivity index (χ0n) is 16.2. The first kappa shape index (κ1) is 20.2. The fourth-order valence-electron chi connectivity index (χ4n) is 3.84. The number of rotatable bonds is 6. The van der Waals surface area contributed by atoms with Crippen molar-refractivity contribution in [3.05, 3.63) is 99.8 Å². The highest BCUT2D eigenvalue weighted by molar-refractivity contribution is 6.30. The van der Waals surface area contributed by atoms with Crippen molar-refractivity contribution in [3.8, 4) is 5.75 Å². The van der Waals surface area contributed by atoms with Gasteiger partial charge in [0.05, 0.1) is 5.56 Å². The second-order valence-electron chi connectivity index (χ2n) is 7.23. The quantitative estimate of drug-likeness (QED) is 0.472. The first-order chi connectivity index (χ1) is 14.5. The Kier molecular flexibility index (Phi) is 5.86. The molecule has 3 aromatic rings. The highest BCUT2D eigenvalue weighted by atomic mass is 35.5. The third-order valence-corrected chi connectivity index (χ3v) is 5.50.